The van der Waals surface area contributed by atoms with E-state index in [1.807, 2.05) is 0 Å². The van der Waals surface area contributed by atoms with Crippen molar-refractivity contribution in [2.45, 2.75) is 78.8 Å². The van der Waals surface area contributed by atoms with E-state index in [0.29, 0.717) is 12.1 Å². The first-order valence-corrected chi connectivity index (χ1v) is 8.20. The van der Waals surface area contributed by atoms with Crippen molar-refractivity contribution < 1.29 is 0 Å². The van der Waals surface area contributed by atoms with Crippen molar-refractivity contribution in [2.24, 2.45) is 5.92 Å². The van der Waals surface area contributed by atoms with Gasteiger partial charge in [-0.3, -0.25) is 4.98 Å². The monoisotopic (exact) mass is 274 g/mol. The lowest BCUT2D eigenvalue weighted by Crippen LogP contribution is -2.36. The number of hydrogen-bond donors (Lipinski definition) is 1. The summed E-state index contributed by atoms with van der Waals surface area (Å²) >= 11 is 0. The number of hydrogen-bond acceptors (Lipinski definition) is 2. The van der Waals surface area contributed by atoms with Gasteiger partial charge >= 0.3 is 0 Å². The lowest BCUT2D eigenvalue weighted by atomic mass is 9.84. The van der Waals surface area contributed by atoms with Crippen molar-refractivity contribution in [1.29, 1.82) is 0 Å². The maximum Gasteiger partial charge on any atom is 0.0426 e. The molecule has 0 saturated heterocycles. The largest absolute Gasteiger partial charge is 0.307 e. The van der Waals surface area contributed by atoms with E-state index >= 15 is 0 Å². The van der Waals surface area contributed by atoms with Gasteiger partial charge in [-0.05, 0) is 70.6 Å². The maximum absolute atomic E-state index is 4.64. The predicted octanol–water partition coefficient (Wildman–Crippen LogP) is 4.63. The molecule has 2 rings (SSSR count). The lowest BCUT2D eigenvalue weighted by Gasteiger charge is -2.31. The summed E-state index contributed by atoms with van der Waals surface area (Å²) in [7, 11) is 0. The van der Waals surface area contributed by atoms with E-state index in [4.69, 9.17) is 0 Å². The van der Waals surface area contributed by atoms with Gasteiger partial charge in [0, 0.05) is 23.5 Å². The average molecular weight is 274 g/mol. The highest BCUT2D eigenvalue weighted by atomic mass is 15.0. The van der Waals surface area contributed by atoms with E-state index in [9.17, 15) is 0 Å². The molecule has 1 aliphatic rings. The molecule has 2 nitrogen and oxygen atoms in total. The van der Waals surface area contributed by atoms with Crippen LogP contribution in [-0.4, -0.2) is 11.0 Å². The van der Waals surface area contributed by atoms with Gasteiger partial charge in [0.05, 0.1) is 0 Å². The Bertz CT molecular complexity index is 424. The molecule has 1 N–H and O–H groups in total. The molecule has 20 heavy (non-hydrogen) atoms. The second-order valence-corrected chi connectivity index (χ2v) is 6.65. The Morgan fingerprint density at radius 2 is 1.75 bits per heavy atom. The SMILES string of the molecule is Cc1cc(C)c(C(C)N[C@H](C)C2CCCCC2)c(C)n1. The molecular weight excluding hydrogens is 244 g/mol. The van der Waals surface area contributed by atoms with Crippen LogP contribution in [0.1, 0.15) is 74.5 Å². The van der Waals surface area contributed by atoms with Crippen molar-refractivity contribution in [3.05, 3.63) is 28.6 Å². The van der Waals surface area contributed by atoms with Gasteiger partial charge in [0.25, 0.3) is 0 Å². The van der Waals surface area contributed by atoms with Crippen LogP contribution in [0, 0.1) is 26.7 Å². The van der Waals surface area contributed by atoms with E-state index < -0.39 is 0 Å². The van der Waals surface area contributed by atoms with Crippen LogP contribution < -0.4 is 5.32 Å². The van der Waals surface area contributed by atoms with Crippen molar-refractivity contribution in [1.82, 2.24) is 10.3 Å². The molecule has 0 radical (unpaired) electrons. The summed E-state index contributed by atoms with van der Waals surface area (Å²) in [6, 6.07) is 3.19. The molecule has 0 amide bonds. The molecule has 1 heterocycles. The third kappa shape index (κ3) is 3.60. The van der Waals surface area contributed by atoms with Crippen LogP contribution in [0.25, 0.3) is 0 Å². The summed E-state index contributed by atoms with van der Waals surface area (Å²) in [6.07, 6.45) is 7.04. The summed E-state index contributed by atoms with van der Waals surface area (Å²) in [6.45, 7) is 11.1. The van der Waals surface area contributed by atoms with Gasteiger partial charge in [-0.1, -0.05) is 19.3 Å². The summed E-state index contributed by atoms with van der Waals surface area (Å²) in [5.74, 6) is 0.852. The van der Waals surface area contributed by atoms with Crippen molar-refractivity contribution >= 4 is 0 Å². The van der Waals surface area contributed by atoms with Gasteiger partial charge in [0.2, 0.25) is 0 Å². The smallest absolute Gasteiger partial charge is 0.0426 e. The minimum Gasteiger partial charge on any atom is -0.307 e. The molecular formula is C18H30N2. The second-order valence-electron chi connectivity index (χ2n) is 6.65. The molecule has 2 heteroatoms. The molecule has 1 aromatic heterocycles. The molecule has 1 aromatic rings. The molecule has 1 saturated carbocycles. The summed E-state index contributed by atoms with van der Waals surface area (Å²) in [4.78, 5) is 4.64. The third-order valence-electron chi connectivity index (χ3n) is 4.89. The Morgan fingerprint density at radius 1 is 1.10 bits per heavy atom. The standard InChI is InChI=1S/C18H30N2/c1-12-11-13(2)19-15(4)18(12)16(5)20-14(3)17-9-7-6-8-10-17/h11,14,16-17,20H,6-10H2,1-5H3/t14-,16?/m1/s1. The summed E-state index contributed by atoms with van der Waals surface area (Å²) in [5.41, 5.74) is 5.05. The van der Waals surface area contributed by atoms with Gasteiger partial charge in [-0.25, -0.2) is 0 Å². The average Bonchev–Trinajstić information content (AvgIpc) is 2.38. The van der Waals surface area contributed by atoms with E-state index in [2.05, 4.69) is 51.0 Å². The summed E-state index contributed by atoms with van der Waals surface area (Å²) < 4.78 is 0. The highest BCUT2D eigenvalue weighted by Crippen LogP contribution is 2.28. The molecule has 0 aliphatic heterocycles. The zero-order chi connectivity index (χ0) is 14.7. The zero-order valence-corrected chi connectivity index (χ0v) is 13.8. The quantitative estimate of drug-likeness (QED) is 0.866. The highest BCUT2D eigenvalue weighted by molar-refractivity contribution is 5.33. The molecule has 112 valence electrons. The minimum atomic E-state index is 0.389. The van der Waals surface area contributed by atoms with Gasteiger partial charge in [0.15, 0.2) is 0 Å². The Kier molecular flexibility index (Phi) is 5.20. The molecule has 1 aliphatic carbocycles. The molecule has 2 atom stereocenters. The van der Waals surface area contributed by atoms with Crippen molar-refractivity contribution in [2.75, 3.05) is 0 Å². The minimum absolute atomic E-state index is 0.389. The Morgan fingerprint density at radius 3 is 2.35 bits per heavy atom. The van der Waals surface area contributed by atoms with Gasteiger partial charge in [-0.2, -0.15) is 0 Å². The van der Waals surface area contributed by atoms with Crippen LogP contribution >= 0.6 is 0 Å². The van der Waals surface area contributed by atoms with Gasteiger partial charge < -0.3 is 5.32 Å². The molecule has 0 aromatic carbocycles. The van der Waals surface area contributed by atoms with E-state index in [-0.39, 0.29) is 0 Å². The zero-order valence-electron chi connectivity index (χ0n) is 13.8. The van der Waals surface area contributed by atoms with Crippen LogP contribution in [-0.2, 0) is 0 Å². The Balaban J connectivity index is 2.06. The highest BCUT2D eigenvalue weighted by Gasteiger charge is 2.22. The van der Waals surface area contributed by atoms with Gasteiger partial charge in [-0.15, -0.1) is 0 Å². The first kappa shape index (κ1) is 15.5. The van der Waals surface area contributed by atoms with Crippen molar-refractivity contribution in [3.8, 4) is 0 Å². The molecule has 0 bridgehead atoms. The number of aryl methyl sites for hydroxylation is 3. The number of rotatable bonds is 4. The number of nitrogens with one attached hydrogen (secondary N) is 1. The fourth-order valence-electron chi connectivity index (χ4n) is 3.94. The Hall–Kier alpha value is -0.890. The van der Waals surface area contributed by atoms with E-state index in [1.165, 1.54) is 48.9 Å². The Labute approximate surface area is 124 Å². The number of pyridine rings is 1. The topological polar surface area (TPSA) is 24.9 Å². The predicted molar refractivity (Wildman–Crippen MR) is 86.0 cm³/mol. The third-order valence-corrected chi connectivity index (χ3v) is 4.89. The summed E-state index contributed by atoms with van der Waals surface area (Å²) in [5, 5.41) is 3.83. The molecule has 1 unspecified atom stereocenters. The van der Waals surface area contributed by atoms with Crippen LogP contribution in [0.2, 0.25) is 0 Å². The number of aromatic nitrogens is 1. The fourth-order valence-corrected chi connectivity index (χ4v) is 3.94. The van der Waals surface area contributed by atoms with E-state index in [1.54, 1.807) is 0 Å². The fraction of sp³-hybridized carbons (Fsp3) is 0.722. The molecule has 1 fully saturated rings. The lowest BCUT2D eigenvalue weighted by molar-refractivity contribution is 0.268. The van der Waals surface area contributed by atoms with Crippen LogP contribution in [0.5, 0.6) is 0 Å². The normalized spacial score (nSPS) is 19.9. The van der Waals surface area contributed by atoms with Crippen molar-refractivity contribution in [3.63, 3.8) is 0 Å². The van der Waals surface area contributed by atoms with Gasteiger partial charge in [0.1, 0.15) is 0 Å². The maximum atomic E-state index is 4.64. The molecule has 0 spiro atoms. The van der Waals surface area contributed by atoms with E-state index in [0.717, 1.165) is 11.6 Å². The van der Waals surface area contributed by atoms with Crippen LogP contribution in [0.15, 0.2) is 6.07 Å². The second kappa shape index (κ2) is 6.71. The number of nitrogens with zero attached hydrogens (tertiary/aromatic N) is 1. The van der Waals surface area contributed by atoms with Crippen LogP contribution in [0.3, 0.4) is 0 Å². The first-order valence-electron chi connectivity index (χ1n) is 8.20. The first-order chi connectivity index (χ1) is 9.49. The van der Waals surface area contributed by atoms with Crippen LogP contribution in [0.4, 0.5) is 0 Å².